The van der Waals surface area contributed by atoms with Crippen molar-refractivity contribution in [2.45, 2.75) is 25.5 Å². The minimum atomic E-state index is -0.504. The summed E-state index contributed by atoms with van der Waals surface area (Å²) in [6.07, 6.45) is -0.132. The van der Waals surface area contributed by atoms with Gasteiger partial charge in [-0.3, -0.25) is 4.79 Å². The van der Waals surface area contributed by atoms with E-state index in [0.29, 0.717) is 31.0 Å². The van der Waals surface area contributed by atoms with E-state index in [1.165, 1.54) is 18.2 Å². The van der Waals surface area contributed by atoms with Crippen LogP contribution >= 0.6 is 0 Å². The molecule has 2 atom stereocenters. The maximum atomic E-state index is 13.1. The summed E-state index contributed by atoms with van der Waals surface area (Å²) in [6.45, 7) is 2.57. The first-order valence-electron chi connectivity index (χ1n) is 6.24. The zero-order valence-corrected chi connectivity index (χ0v) is 10.6. The largest absolute Gasteiger partial charge is 0.492 e. The van der Waals surface area contributed by atoms with E-state index >= 15 is 0 Å². The molecule has 3 N–H and O–H groups in total. The number of carbonyl (C=O) groups is 1. The van der Waals surface area contributed by atoms with Gasteiger partial charge in [0.25, 0.3) is 0 Å². The maximum absolute atomic E-state index is 13.1. The summed E-state index contributed by atoms with van der Waals surface area (Å²) in [5.41, 5.74) is 0.427. The molecule has 1 fully saturated rings. The molecular formula is C13H17FN2O3. The number of rotatable bonds is 4. The molecule has 2 rings (SSSR count). The Hall–Kier alpha value is -1.66. The van der Waals surface area contributed by atoms with Gasteiger partial charge in [-0.2, -0.15) is 0 Å². The van der Waals surface area contributed by atoms with Gasteiger partial charge in [0.2, 0.25) is 5.91 Å². The van der Waals surface area contributed by atoms with Gasteiger partial charge < -0.3 is 20.5 Å². The van der Waals surface area contributed by atoms with Gasteiger partial charge in [-0.25, -0.2) is 4.39 Å². The molecule has 1 heterocycles. The van der Waals surface area contributed by atoms with Crippen LogP contribution < -0.4 is 15.4 Å². The lowest BCUT2D eigenvalue weighted by Gasteiger charge is -2.14. The van der Waals surface area contributed by atoms with Crippen LogP contribution in [-0.4, -0.2) is 36.3 Å². The second kappa shape index (κ2) is 5.99. The quantitative estimate of drug-likeness (QED) is 0.758. The maximum Gasteiger partial charge on any atom is 0.241 e. The Kier molecular flexibility index (Phi) is 4.34. The molecule has 1 amide bonds. The molecule has 0 radical (unpaired) electrons. The summed E-state index contributed by atoms with van der Waals surface area (Å²) in [5.74, 6) is -0.380. The fourth-order valence-electron chi connectivity index (χ4n) is 2.01. The van der Waals surface area contributed by atoms with E-state index in [2.05, 4.69) is 10.6 Å². The van der Waals surface area contributed by atoms with Crippen molar-refractivity contribution in [2.24, 2.45) is 0 Å². The summed E-state index contributed by atoms with van der Waals surface area (Å²) >= 11 is 0. The highest BCUT2D eigenvalue weighted by molar-refractivity contribution is 5.96. The monoisotopic (exact) mass is 268 g/mol. The van der Waals surface area contributed by atoms with Crippen LogP contribution in [0, 0.1) is 5.82 Å². The molecule has 1 aliphatic rings. The molecule has 2 unspecified atom stereocenters. The van der Waals surface area contributed by atoms with Crippen molar-refractivity contribution in [2.75, 3.05) is 18.5 Å². The third-order valence-electron chi connectivity index (χ3n) is 2.93. The van der Waals surface area contributed by atoms with E-state index < -0.39 is 18.0 Å². The summed E-state index contributed by atoms with van der Waals surface area (Å²) in [7, 11) is 0. The molecule has 0 bridgehead atoms. The van der Waals surface area contributed by atoms with E-state index in [1.54, 1.807) is 6.92 Å². The van der Waals surface area contributed by atoms with Crippen molar-refractivity contribution in [1.29, 1.82) is 0 Å². The van der Waals surface area contributed by atoms with Gasteiger partial charge in [-0.1, -0.05) is 0 Å². The van der Waals surface area contributed by atoms with Crippen LogP contribution in [0.1, 0.15) is 13.3 Å². The third kappa shape index (κ3) is 3.42. The van der Waals surface area contributed by atoms with Crippen molar-refractivity contribution >= 4 is 11.6 Å². The Morgan fingerprint density at radius 2 is 2.42 bits per heavy atom. The van der Waals surface area contributed by atoms with Gasteiger partial charge in [-0.05, 0) is 25.5 Å². The van der Waals surface area contributed by atoms with Crippen molar-refractivity contribution in [3.63, 3.8) is 0 Å². The second-order valence-corrected chi connectivity index (χ2v) is 4.41. The van der Waals surface area contributed by atoms with E-state index in [1.807, 2.05) is 0 Å². The lowest BCUT2D eigenvalue weighted by molar-refractivity contribution is -0.117. The number of ether oxygens (including phenoxy) is 1. The number of aliphatic hydroxyl groups is 1. The van der Waals surface area contributed by atoms with Gasteiger partial charge in [0.15, 0.2) is 0 Å². The van der Waals surface area contributed by atoms with E-state index in [0.717, 1.165) is 0 Å². The number of hydrogen-bond donors (Lipinski definition) is 3. The topological polar surface area (TPSA) is 70.6 Å². The number of carbonyl (C=O) groups excluding carboxylic acids is 1. The number of aliphatic hydroxyl groups excluding tert-OH is 1. The summed E-state index contributed by atoms with van der Waals surface area (Å²) in [4.78, 5) is 12.0. The first-order valence-corrected chi connectivity index (χ1v) is 6.24. The molecular weight excluding hydrogens is 251 g/mol. The number of anilines is 1. The highest BCUT2D eigenvalue weighted by Gasteiger charge is 2.28. The van der Waals surface area contributed by atoms with Crippen LogP contribution in [0.3, 0.4) is 0 Å². The van der Waals surface area contributed by atoms with E-state index in [-0.39, 0.29) is 5.91 Å². The van der Waals surface area contributed by atoms with Crippen LogP contribution in [0.15, 0.2) is 18.2 Å². The van der Waals surface area contributed by atoms with Crippen LogP contribution in [0.4, 0.5) is 10.1 Å². The molecule has 104 valence electrons. The summed E-state index contributed by atoms with van der Waals surface area (Å²) in [6, 6.07) is 3.52. The molecule has 6 heteroatoms. The minimum Gasteiger partial charge on any atom is -0.492 e. The van der Waals surface area contributed by atoms with E-state index in [9.17, 15) is 14.3 Å². The van der Waals surface area contributed by atoms with Crippen LogP contribution in [0.5, 0.6) is 5.75 Å². The standard InChI is InChI=1S/C13H17FN2O3/c1-2-19-12-5-8(14)3-4-10(12)16-13(18)11-6-9(17)7-15-11/h3-5,9,11,15,17H,2,6-7H2,1H3,(H,16,18). The number of hydrogen-bond acceptors (Lipinski definition) is 4. The molecule has 0 aliphatic carbocycles. The predicted octanol–water partition coefficient (Wildman–Crippen LogP) is 0.886. The van der Waals surface area contributed by atoms with Crippen molar-refractivity contribution in [1.82, 2.24) is 5.32 Å². The molecule has 1 saturated heterocycles. The molecule has 1 aliphatic heterocycles. The van der Waals surface area contributed by atoms with Gasteiger partial charge >= 0.3 is 0 Å². The van der Waals surface area contributed by atoms with Gasteiger partial charge in [0.1, 0.15) is 11.6 Å². The van der Waals surface area contributed by atoms with Gasteiger partial charge in [0, 0.05) is 12.6 Å². The first-order chi connectivity index (χ1) is 9.10. The van der Waals surface area contributed by atoms with Crippen molar-refractivity contribution in [3.05, 3.63) is 24.0 Å². The summed E-state index contributed by atoms with van der Waals surface area (Å²) < 4.78 is 18.4. The molecule has 19 heavy (non-hydrogen) atoms. The van der Waals surface area contributed by atoms with Crippen molar-refractivity contribution < 1.29 is 19.0 Å². The average Bonchev–Trinajstić information content (AvgIpc) is 2.80. The molecule has 0 saturated carbocycles. The lowest BCUT2D eigenvalue weighted by Crippen LogP contribution is -2.35. The van der Waals surface area contributed by atoms with E-state index in [4.69, 9.17) is 4.74 Å². The molecule has 1 aromatic rings. The Morgan fingerprint density at radius 1 is 1.63 bits per heavy atom. The fourth-order valence-corrected chi connectivity index (χ4v) is 2.01. The first kappa shape index (κ1) is 13.8. The zero-order chi connectivity index (χ0) is 13.8. The number of benzene rings is 1. The Balaban J connectivity index is 2.07. The number of halogens is 1. The number of β-amino-alcohol motifs (C(OH)–C–C–N with tert-alkyl or cyclic N) is 1. The zero-order valence-electron chi connectivity index (χ0n) is 10.6. The fraction of sp³-hybridized carbons (Fsp3) is 0.462. The predicted molar refractivity (Wildman–Crippen MR) is 68.6 cm³/mol. The van der Waals surface area contributed by atoms with Gasteiger partial charge in [-0.15, -0.1) is 0 Å². The smallest absolute Gasteiger partial charge is 0.241 e. The third-order valence-corrected chi connectivity index (χ3v) is 2.93. The molecule has 0 spiro atoms. The van der Waals surface area contributed by atoms with Crippen LogP contribution in [0.2, 0.25) is 0 Å². The minimum absolute atomic E-state index is 0.260. The van der Waals surface area contributed by atoms with Crippen LogP contribution in [-0.2, 0) is 4.79 Å². The Bertz CT molecular complexity index is 467. The average molecular weight is 268 g/mol. The molecule has 1 aromatic carbocycles. The Labute approximate surface area is 110 Å². The Morgan fingerprint density at radius 3 is 3.05 bits per heavy atom. The highest BCUT2D eigenvalue weighted by atomic mass is 19.1. The molecule has 0 aromatic heterocycles. The highest BCUT2D eigenvalue weighted by Crippen LogP contribution is 2.26. The normalized spacial score (nSPS) is 22.3. The SMILES string of the molecule is CCOc1cc(F)ccc1NC(=O)C1CC(O)CN1. The summed E-state index contributed by atoms with van der Waals surface area (Å²) in [5, 5.41) is 15.0. The van der Waals surface area contributed by atoms with Crippen LogP contribution in [0.25, 0.3) is 0 Å². The number of nitrogens with one attached hydrogen (secondary N) is 2. The molecule has 5 nitrogen and oxygen atoms in total. The van der Waals surface area contributed by atoms with Gasteiger partial charge in [0.05, 0.1) is 24.4 Å². The van der Waals surface area contributed by atoms with Crippen molar-refractivity contribution in [3.8, 4) is 5.75 Å². The lowest BCUT2D eigenvalue weighted by atomic mass is 10.2. The second-order valence-electron chi connectivity index (χ2n) is 4.41. The number of amides is 1.